The minimum atomic E-state index is 1.26. The van der Waals surface area contributed by atoms with Gasteiger partial charge in [-0.05, 0) is 64.5 Å². The average molecular weight is 407 g/mol. The summed E-state index contributed by atoms with van der Waals surface area (Å²) in [4.78, 5) is 0. The Balaban J connectivity index is 1.35. The van der Waals surface area contributed by atoms with E-state index in [1.54, 1.807) is 0 Å². The van der Waals surface area contributed by atoms with Gasteiger partial charge in [0.15, 0.2) is 0 Å². The van der Waals surface area contributed by atoms with Crippen molar-refractivity contribution in [1.29, 1.82) is 0 Å². The van der Waals surface area contributed by atoms with Gasteiger partial charge in [0.25, 0.3) is 0 Å². The van der Waals surface area contributed by atoms with E-state index in [2.05, 4.69) is 64.1 Å². The lowest BCUT2D eigenvalue weighted by molar-refractivity contribution is 0.540. The van der Waals surface area contributed by atoms with Gasteiger partial charge in [-0.25, -0.2) is 0 Å². The summed E-state index contributed by atoms with van der Waals surface area (Å²) in [5, 5.41) is 0. The van der Waals surface area contributed by atoms with Crippen molar-refractivity contribution in [2.45, 2.75) is 118 Å². The monoisotopic (exact) mass is 406 g/mol. The van der Waals surface area contributed by atoms with E-state index in [1.807, 2.05) is 0 Å². The summed E-state index contributed by atoms with van der Waals surface area (Å²) in [6.45, 7) is 8.84. The summed E-state index contributed by atoms with van der Waals surface area (Å²) in [6.07, 6.45) is 19.5. The summed E-state index contributed by atoms with van der Waals surface area (Å²) >= 11 is 0. The Labute approximate surface area is 187 Å². The molecule has 0 aliphatic heterocycles. The molecule has 0 fully saturated rings. The topological polar surface area (TPSA) is 0 Å². The van der Waals surface area contributed by atoms with Gasteiger partial charge < -0.3 is 0 Å². The maximum absolute atomic E-state index is 2.36. The molecule has 0 aliphatic carbocycles. The molecule has 30 heavy (non-hydrogen) atoms. The molecule has 2 rings (SSSR count). The Morgan fingerprint density at radius 3 is 0.833 bits per heavy atom. The van der Waals surface area contributed by atoms with Gasteiger partial charge in [0.05, 0.1) is 0 Å². The first-order valence-electron chi connectivity index (χ1n) is 12.7. The van der Waals surface area contributed by atoms with Gasteiger partial charge in [-0.15, -0.1) is 0 Å². The Hall–Kier alpha value is -1.56. The number of hydrogen-bond donors (Lipinski definition) is 0. The van der Waals surface area contributed by atoms with Gasteiger partial charge in [-0.2, -0.15) is 0 Å². The normalized spacial score (nSPS) is 11.2. The second-order valence-corrected chi connectivity index (χ2v) is 9.73. The minimum Gasteiger partial charge on any atom is -0.0564 e. The van der Waals surface area contributed by atoms with Crippen molar-refractivity contribution in [1.82, 2.24) is 0 Å². The fourth-order valence-electron chi connectivity index (χ4n) is 4.85. The number of benzene rings is 2. The molecule has 0 amide bonds. The Bertz CT molecular complexity index is 621. The SMILES string of the molecule is Cc1cc(C)cc(CCCCCCCCCCCCCCc2cc(C)cc(C)c2)c1. The van der Waals surface area contributed by atoms with E-state index < -0.39 is 0 Å². The summed E-state index contributed by atoms with van der Waals surface area (Å²) in [6, 6.07) is 14.0. The molecule has 0 aromatic heterocycles. The summed E-state index contributed by atoms with van der Waals surface area (Å²) in [5.41, 5.74) is 8.69. The third-order valence-electron chi connectivity index (χ3n) is 6.24. The summed E-state index contributed by atoms with van der Waals surface area (Å²) in [5.74, 6) is 0. The van der Waals surface area contributed by atoms with Crippen LogP contribution >= 0.6 is 0 Å². The molecular formula is C30H46. The fourth-order valence-corrected chi connectivity index (χ4v) is 4.85. The summed E-state index contributed by atoms with van der Waals surface area (Å²) < 4.78 is 0. The zero-order valence-corrected chi connectivity index (χ0v) is 20.4. The highest BCUT2D eigenvalue weighted by molar-refractivity contribution is 5.29. The van der Waals surface area contributed by atoms with Crippen LogP contribution in [0.1, 0.15) is 110 Å². The molecule has 0 aliphatic rings. The van der Waals surface area contributed by atoms with Gasteiger partial charge in [-0.1, -0.05) is 123 Å². The van der Waals surface area contributed by atoms with Gasteiger partial charge in [-0.3, -0.25) is 0 Å². The van der Waals surface area contributed by atoms with Crippen LogP contribution in [0.5, 0.6) is 0 Å². The molecule has 0 nitrogen and oxygen atoms in total. The van der Waals surface area contributed by atoms with E-state index in [0.29, 0.717) is 0 Å². The van der Waals surface area contributed by atoms with Crippen molar-refractivity contribution in [3.05, 3.63) is 69.8 Å². The van der Waals surface area contributed by atoms with E-state index >= 15 is 0 Å². The number of unbranched alkanes of at least 4 members (excludes halogenated alkanes) is 11. The molecule has 0 radical (unpaired) electrons. The second-order valence-electron chi connectivity index (χ2n) is 9.73. The number of hydrogen-bond acceptors (Lipinski definition) is 0. The lowest BCUT2D eigenvalue weighted by Crippen LogP contribution is -1.89. The molecule has 0 heterocycles. The maximum Gasteiger partial charge on any atom is -0.0279 e. The third kappa shape index (κ3) is 11.0. The molecule has 0 saturated heterocycles. The van der Waals surface area contributed by atoms with Crippen molar-refractivity contribution >= 4 is 0 Å². The van der Waals surface area contributed by atoms with Crippen LogP contribution in [0.2, 0.25) is 0 Å². The van der Waals surface area contributed by atoms with Crippen LogP contribution in [0.4, 0.5) is 0 Å². The van der Waals surface area contributed by atoms with E-state index in [9.17, 15) is 0 Å². The first kappa shape index (κ1) is 24.7. The molecule has 0 atom stereocenters. The maximum atomic E-state index is 2.36. The van der Waals surface area contributed by atoms with Crippen molar-refractivity contribution in [3.8, 4) is 0 Å². The molecule has 0 bridgehead atoms. The zero-order chi connectivity index (χ0) is 21.6. The Morgan fingerprint density at radius 1 is 0.333 bits per heavy atom. The molecule has 2 aromatic rings. The van der Waals surface area contributed by atoms with Gasteiger partial charge >= 0.3 is 0 Å². The van der Waals surface area contributed by atoms with Crippen LogP contribution in [-0.4, -0.2) is 0 Å². The molecule has 0 heteroatoms. The van der Waals surface area contributed by atoms with Crippen LogP contribution < -0.4 is 0 Å². The zero-order valence-electron chi connectivity index (χ0n) is 20.4. The highest BCUT2D eigenvalue weighted by atomic mass is 14.0. The predicted octanol–water partition coefficient (Wildman–Crippen LogP) is 9.39. The van der Waals surface area contributed by atoms with Crippen LogP contribution in [0.25, 0.3) is 0 Å². The van der Waals surface area contributed by atoms with E-state index in [0.717, 1.165) is 0 Å². The highest BCUT2D eigenvalue weighted by Gasteiger charge is 1.99. The largest absolute Gasteiger partial charge is 0.0564 e. The van der Waals surface area contributed by atoms with Crippen LogP contribution in [0.3, 0.4) is 0 Å². The van der Waals surface area contributed by atoms with E-state index in [-0.39, 0.29) is 0 Å². The first-order chi connectivity index (χ1) is 14.5. The Morgan fingerprint density at radius 2 is 0.567 bits per heavy atom. The van der Waals surface area contributed by atoms with Crippen molar-refractivity contribution in [2.24, 2.45) is 0 Å². The van der Waals surface area contributed by atoms with E-state index in [1.165, 1.54) is 123 Å². The average Bonchev–Trinajstić information content (AvgIpc) is 2.66. The van der Waals surface area contributed by atoms with Crippen LogP contribution in [-0.2, 0) is 12.8 Å². The molecule has 0 N–H and O–H groups in total. The molecule has 166 valence electrons. The van der Waals surface area contributed by atoms with Crippen molar-refractivity contribution < 1.29 is 0 Å². The molecule has 0 spiro atoms. The quantitative estimate of drug-likeness (QED) is 0.258. The van der Waals surface area contributed by atoms with Crippen LogP contribution in [0.15, 0.2) is 36.4 Å². The Kier molecular flexibility index (Phi) is 11.9. The molecule has 0 saturated carbocycles. The third-order valence-corrected chi connectivity index (χ3v) is 6.24. The highest BCUT2D eigenvalue weighted by Crippen LogP contribution is 2.16. The predicted molar refractivity (Wildman–Crippen MR) is 135 cm³/mol. The van der Waals surface area contributed by atoms with Crippen LogP contribution in [0, 0.1) is 27.7 Å². The lowest BCUT2D eigenvalue weighted by atomic mass is 10.00. The molecular weight excluding hydrogens is 360 g/mol. The number of rotatable bonds is 15. The van der Waals surface area contributed by atoms with Crippen molar-refractivity contribution in [2.75, 3.05) is 0 Å². The van der Waals surface area contributed by atoms with Gasteiger partial charge in [0, 0.05) is 0 Å². The molecule has 2 aromatic carbocycles. The molecule has 0 unspecified atom stereocenters. The number of aryl methyl sites for hydroxylation is 6. The first-order valence-corrected chi connectivity index (χ1v) is 12.7. The fraction of sp³-hybridized carbons (Fsp3) is 0.600. The van der Waals surface area contributed by atoms with Gasteiger partial charge in [0.1, 0.15) is 0 Å². The second kappa shape index (κ2) is 14.4. The lowest BCUT2D eigenvalue weighted by Gasteiger charge is -2.06. The standard InChI is InChI=1S/C30H46/c1-25-19-26(2)22-29(21-25)17-15-13-11-9-7-5-6-8-10-12-14-16-18-30-23-27(3)20-28(4)24-30/h19-24H,5-18H2,1-4H3. The van der Waals surface area contributed by atoms with Crippen molar-refractivity contribution in [3.63, 3.8) is 0 Å². The summed E-state index contributed by atoms with van der Waals surface area (Å²) in [7, 11) is 0. The van der Waals surface area contributed by atoms with Gasteiger partial charge in [0.2, 0.25) is 0 Å². The smallest absolute Gasteiger partial charge is 0.0279 e. The van der Waals surface area contributed by atoms with E-state index in [4.69, 9.17) is 0 Å². The minimum absolute atomic E-state index is 1.26.